The van der Waals surface area contributed by atoms with Crippen molar-refractivity contribution >= 4 is 5.69 Å². The second kappa shape index (κ2) is 6.60. The molecule has 0 aromatic heterocycles. The first-order chi connectivity index (χ1) is 9.58. The molecule has 0 bridgehead atoms. The third-order valence-corrected chi connectivity index (χ3v) is 3.32. The van der Waals surface area contributed by atoms with Crippen molar-refractivity contribution < 1.29 is 18.4 Å². The standard InChI is InChI=1S/C13H16F2N2O3/c14-11-7-10(17(18)19)8-12(15)13(11)20-6-4-9-3-1-2-5-16-9/h7-9,16H,1-6H2. The van der Waals surface area contributed by atoms with Gasteiger partial charge in [-0.1, -0.05) is 6.42 Å². The number of piperidine rings is 1. The number of hydrogen-bond acceptors (Lipinski definition) is 4. The molecular formula is C13H16F2N2O3. The van der Waals surface area contributed by atoms with Crippen molar-refractivity contribution in [1.29, 1.82) is 0 Å². The maximum atomic E-state index is 13.6. The summed E-state index contributed by atoms with van der Waals surface area (Å²) >= 11 is 0. The van der Waals surface area contributed by atoms with Gasteiger partial charge >= 0.3 is 0 Å². The normalized spacial score (nSPS) is 18.8. The molecule has 1 aliphatic heterocycles. The first-order valence-corrected chi connectivity index (χ1v) is 6.57. The summed E-state index contributed by atoms with van der Waals surface area (Å²) in [6.07, 6.45) is 3.95. The van der Waals surface area contributed by atoms with Gasteiger partial charge in [-0.25, -0.2) is 8.78 Å². The van der Waals surface area contributed by atoms with Crippen LogP contribution < -0.4 is 10.1 Å². The number of hydrogen-bond donors (Lipinski definition) is 1. The number of halogens is 2. The van der Waals surface area contributed by atoms with E-state index in [1.165, 1.54) is 0 Å². The Morgan fingerprint density at radius 2 is 2.05 bits per heavy atom. The number of non-ortho nitro benzene ring substituents is 1. The molecule has 1 fully saturated rings. The molecule has 0 radical (unpaired) electrons. The Labute approximate surface area is 115 Å². The Bertz CT molecular complexity index is 467. The van der Waals surface area contributed by atoms with Gasteiger partial charge in [0.2, 0.25) is 0 Å². The first-order valence-electron chi connectivity index (χ1n) is 6.57. The van der Waals surface area contributed by atoms with E-state index in [2.05, 4.69) is 5.32 Å². The maximum absolute atomic E-state index is 13.6. The molecule has 1 N–H and O–H groups in total. The van der Waals surface area contributed by atoms with Crippen LogP contribution in [0.5, 0.6) is 5.75 Å². The number of rotatable bonds is 5. The van der Waals surface area contributed by atoms with Crippen molar-refractivity contribution in [1.82, 2.24) is 5.32 Å². The van der Waals surface area contributed by atoms with Crippen LogP contribution in [0.3, 0.4) is 0 Å². The third kappa shape index (κ3) is 3.63. The number of benzene rings is 1. The van der Waals surface area contributed by atoms with Gasteiger partial charge < -0.3 is 10.1 Å². The predicted octanol–water partition coefficient (Wildman–Crippen LogP) is 2.78. The van der Waals surface area contributed by atoms with Crippen molar-refractivity contribution in [3.63, 3.8) is 0 Å². The molecule has 7 heteroatoms. The largest absolute Gasteiger partial charge is 0.488 e. The smallest absolute Gasteiger partial charge is 0.275 e. The molecule has 1 aromatic carbocycles. The lowest BCUT2D eigenvalue weighted by Crippen LogP contribution is -2.35. The minimum absolute atomic E-state index is 0.170. The van der Waals surface area contributed by atoms with Crippen LogP contribution >= 0.6 is 0 Å². The molecule has 1 aliphatic rings. The summed E-state index contributed by atoms with van der Waals surface area (Å²) in [5, 5.41) is 13.8. The molecule has 2 rings (SSSR count). The van der Waals surface area contributed by atoms with E-state index in [0.29, 0.717) is 24.6 Å². The first kappa shape index (κ1) is 14.6. The summed E-state index contributed by atoms with van der Waals surface area (Å²) in [4.78, 5) is 9.62. The molecule has 20 heavy (non-hydrogen) atoms. The van der Waals surface area contributed by atoms with Crippen molar-refractivity contribution in [3.05, 3.63) is 33.9 Å². The minimum Gasteiger partial charge on any atom is -0.488 e. The maximum Gasteiger partial charge on any atom is 0.275 e. The average molecular weight is 286 g/mol. The fourth-order valence-corrected chi connectivity index (χ4v) is 2.26. The van der Waals surface area contributed by atoms with Gasteiger partial charge in [0, 0.05) is 6.04 Å². The molecular weight excluding hydrogens is 270 g/mol. The van der Waals surface area contributed by atoms with Crippen LogP contribution in [0.4, 0.5) is 14.5 Å². The molecule has 1 saturated heterocycles. The van der Waals surface area contributed by atoms with E-state index in [-0.39, 0.29) is 6.61 Å². The number of nitrogens with zero attached hydrogens (tertiary/aromatic N) is 1. The summed E-state index contributed by atoms with van der Waals surface area (Å²) in [7, 11) is 0. The van der Waals surface area contributed by atoms with Crippen LogP contribution in [0.25, 0.3) is 0 Å². The van der Waals surface area contributed by atoms with E-state index >= 15 is 0 Å². The average Bonchev–Trinajstić information content (AvgIpc) is 2.42. The topological polar surface area (TPSA) is 64.4 Å². The zero-order chi connectivity index (χ0) is 14.5. The van der Waals surface area contributed by atoms with E-state index < -0.39 is 28.0 Å². The fraction of sp³-hybridized carbons (Fsp3) is 0.538. The van der Waals surface area contributed by atoms with Crippen molar-refractivity contribution in [2.24, 2.45) is 0 Å². The van der Waals surface area contributed by atoms with Crippen LogP contribution in [-0.4, -0.2) is 24.1 Å². The summed E-state index contributed by atoms with van der Waals surface area (Å²) in [5.41, 5.74) is -0.624. The van der Waals surface area contributed by atoms with Gasteiger partial charge in [0.25, 0.3) is 5.69 Å². The molecule has 0 saturated carbocycles. The Hall–Kier alpha value is -1.76. The monoisotopic (exact) mass is 286 g/mol. The summed E-state index contributed by atoms with van der Waals surface area (Å²) in [6.45, 7) is 1.12. The van der Waals surface area contributed by atoms with Crippen LogP contribution in [-0.2, 0) is 0 Å². The van der Waals surface area contributed by atoms with Gasteiger partial charge in [0.15, 0.2) is 17.4 Å². The lowest BCUT2D eigenvalue weighted by atomic mass is 10.0. The van der Waals surface area contributed by atoms with E-state index in [4.69, 9.17) is 4.74 Å². The second-order valence-electron chi connectivity index (χ2n) is 4.78. The molecule has 110 valence electrons. The highest BCUT2D eigenvalue weighted by atomic mass is 19.1. The van der Waals surface area contributed by atoms with E-state index in [1.807, 2.05) is 0 Å². The quantitative estimate of drug-likeness (QED) is 0.667. The Kier molecular flexibility index (Phi) is 4.84. The van der Waals surface area contributed by atoms with Gasteiger partial charge in [0.05, 0.1) is 23.7 Å². The van der Waals surface area contributed by atoms with Gasteiger partial charge in [-0.3, -0.25) is 10.1 Å². The zero-order valence-corrected chi connectivity index (χ0v) is 10.9. The summed E-state index contributed by atoms with van der Waals surface area (Å²) in [5.74, 6) is -2.65. The zero-order valence-electron chi connectivity index (χ0n) is 10.9. The van der Waals surface area contributed by atoms with Crippen molar-refractivity contribution in [3.8, 4) is 5.75 Å². The Morgan fingerprint density at radius 3 is 2.60 bits per heavy atom. The molecule has 1 atom stereocenters. The van der Waals surface area contributed by atoms with E-state index in [1.54, 1.807) is 0 Å². The van der Waals surface area contributed by atoms with Crippen molar-refractivity contribution in [2.75, 3.05) is 13.2 Å². The summed E-state index contributed by atoms with van der Waals surface area (Å²) in [6, 6.07) is 1.63. The van der Waals surface area contributed by atoms with Crippen molar-refractivity contribution in [2.45, 2.75) is 31.7 Å². The number of ether oxygens (including phenoxy) is 1. The molecule has 0 amide bonds. The fourth-order valence-electron chi connectivity index (χ4n) is 2.26. The Morgan fingerprint density at radius 1 is 1.35 bits per heavy atom. The van der Waals surface area contributed by atoms with E-state index in [0.717, 1.165) is 25.8 Å². The summed E-state index contributed by atoms with van der Waals surface area (Å²) < 4.78 is 32.2. The highest BCUT2D eigenvalue weighted by Gasteiger charge is 2.19. The Balaban J connectivity index is 1.93. The van der Waals surface area contributed by atoms with Crippen LogP contribution in [0, 0.1) is 21.7 Å². The van der Waals surface area contributed by atoms with Crippen LogP contribution in [0.2, 0.25) is 0 Å². The number of nitro benzene ring substituents is 1. The lowest BCUT2D eigenvalue weighted by Gasteiger charge is -2.23. The van der Waals surface area contributed by atoms with Gasteiger partial charge in [-0.2, -0.15) is 0 Å². The van der Waals surface area contributed by atoms with E-state index in [9.17, 15) is 18.9 Å². The molecule has 0 aliphatic carbocycles. The lowest BCUT2D eigenvalue weighted by molar-refractivity contribution is -0.385. The van der Waals surface area contributed by atoms with Gasteiger partial charge in [-0.15, -0.1) is 0 Å². The highest BCUT2D eigenvalue weighted by molar-refractivity contribution is 5.39. The highest BCUT2D eigenvalue weighted by Crippen LogP contribution is 2.27. The second-order valence-corrected chi connectivity index (χ2v) is 4.78. The predicted molar refractivity (Wildman–Crippen MR) is 68.8 cm³/mol. The van der Waals surface area contributed by atoms with Gasteiger partial charge in [0.1, 0.15) is 0 Å². The van der Waals surface area contributed by atoms with Crippen LogP contribution in [0.1, 0.15) is 25.7 Å². The molecule has 1 aromatic rings. The number of nitrogens with one attached hydrogen (secondary N) is 1. The molecule has 0 spiro atoms. The van der Waals surface area contributed by atoms with Crippen LogP contribution in [0.15, 0.2) is 12.1 Å². The SMILES string of the molecule is O=[N+]([O-])c1cc(F)c(OCCC2CCCCN2)c(F)c1. The molecule has 1 heterocycles. The number of nitro groups is 1. The molecule has 1 unspecified atom stereocenters. The minimum atomic E-state index is -1.05. The third-order valence-electron chi connectivity index (χ3n) is 3.32. The van der Waals surface area contributed by atoms with Gasteiger partial charge in [-0.05, 0) is 25.8 Å². The molecule has 5 nitrogen and oxygen atoms in total.